The molecule has 0 aliphatic rings. The molecule has 0 nitrogen and oxygen atoms in total. The molecule has 0 fully saturated rings. The molecule has 0 bridgehead atoms. The van der Waals surface area contributed by atoms with Crippen LogP contribution in [-0.2, 0) is 0 Å². The second-order valence-corrected chi connectivity index (χ2v) is 2.53. The first-order valence-corrected chi connectivity index (χ1v) is 3.81. The van der Waals surface area contributed by atoms with Crippen LogP contribution < -0.4 is 0 Å². The molecule has 0 N–H and O–H groups in total. The van der Waals surface area contributed by atoms with Crippen LogP contribution in [0.5, 0.6) is 0 Å². The summed E-state index contributed by atoms with van der Waals surface area (Å²) < 4.78 is 12.5. The van der Waals surface area contributed by atoms with Gasteiger partial charge in [-0.05, 0) is 30.2 Å². The standard InChI is InChI=1S/C11H11F/c1-3-4-9(2)10-5-7-11(12)8-6-10/h3-8H,2H2,1H3. The molecule has 62 valence electrons. The smallest absolute Gasteiger partial charge is 0.123 e. The molecular weight excluding hydrogens is 151 g/mol. The van der Waals surface area contributed by atoms with Crippen LogP contribution in [0.4, 0.5) is 4.39 Å². The molecule has 0 unspecified atom stereocenters. The average Bonchev–Trinajstić information content (AvgIpc) is 2.06. The topological polar surface area (TPSA) is 0 Å². The van der Waals surface area contributed by atoms with Gasteiger partial charge in [0.2, 0.25) is 0 Å². The Labute approximate surface area is 72.0 Å². The van der Waals surface area contributed by atoms with Crippen LogP contribution in [-0.4, -0.2) is 0 Å². The van der Waals surface area contributed by atoms with E-state index in [0.717, 1.165) is 11.1 Å². The molecule has 0 saturated heterocycles. The minimum absolute atomic E-state index is 0.216. The lowest BCUT2D eigenvalue weighted by Crippen LogP contribution is -1.79. The SMILES string of the molecule is C=C(C=CC)c1ccc(F)cc1. The molecule has 12 heavy (non-hydrogen) atoms. The minimum atomic E-state index is -0.216. The van der Waals surface area contributed by atoms with Gasteiger partial charge in [0, 0.05) is 0 Å². The van der Waals surface area contributed by atoms with E-state index in [1.807, 2.05) is 19.1 Å². The summed E-state index contributed by atoms with van der Waals surface area (Å²) in [7, 11) is 0. The molecule has 0 saturated carbocycles. The van der Waals surface area contributed by atoms with E-state index in [2.05, 4.69) is 6.58 Å². The van der Waals surface area contributed by atoms with E-state index in [0.29, 0.717) is 0 Å². The van der Waals surface area contributed by atoms with Crippen LogP contribution in [0.3, 0.4) is 0 Å². The quantitative estimate of drug-likeness (QED) is 0.584. The Morgan fingerprint density at radius 2 is 1.92 bits per heavy atom. The van der Waals surface area contributed by atoms with Gasteiger partial charge in [-0.1, -0.05) is 30.9 Å². The van der Waals surface area contributed by atoms with E-state index < -0.39 is 0 Å². The molecule has 0 heterocycles. The Hall–Kier alpha value is -1.37. The summed E-state index contributed by atoms with van der Waals surface area (Å²) in [6.45, 7) is 5.76. The van der Waals surface area contributed by atoms with E-state index in [9.17, 15) is 4.39 Å². The average molecular weight is 162 g/mol. The van der Waals surface area contributed by atoms with Gasteiger partial charge in [0.25, 0.3) is 0 Å². The zero-order valence-electron chi connectivity index (χ0n) is 7.05. The maximum atomic E-state index is 12.5. The fraction of sp³-hybridized carbons (Fsp3) is 0.0909. The molecule has 0 atom stereocenters. The van der Waals surface area contributed by atoms with Gasteiger partial charge in [0.05, 0.1) is 0 Å². The predicted molar refractivity (Wildman–Crippen MR) is 50.2 cm³/mol. The number of rotatable bonds is 2. The van der Waals surface area contributed by atoms with Gasteiger partial charge in [-0.25, -0.2) is 4.39 Å². The zero-order chi connectivity index (χ0) is 8.97. The summed E-state index contributed by atoms with van der Waals surface area (Å²) in [6, 6.07) is 6.31. The predicted octanol–water partition coefficient (Wildman–Crippen LogP) is 3.42. The van der Waals surface area contributed by atoms with Gasteiger partial charge >= 0.3 is 0 Å². The summed E-state index contributed by atoms with van der Waals surface area (Å²) in [5, 5.41) is 0. The van der Waals surface area contributed by atoms with Crippen molar-refractivity contribution in [2.75, 3.05) is 0 Å². The van der Waals surface area contributed by atoms with Crippen molar-refractivity contribution in [3.8, 4) is 0 Å². The molecule has 0 amide bonds. The van der Waals surface area contributed by atoms with Crippen LogP contribution >= 0.6 is 0 Å². The normalized spacial score (nSPS) is 10.5. The summed E-state index contributed by atoms with van der Waals surface area (Å²) >= 11 is 0. The lowest BCUT2D eigenvalue weighted by atomic mass is 10.1. The van der Waals surface area contributed by atoms with Crippen molar-refractivity contribution >= 4 is 5.57 Å². The third-order valence-corrected chi connectivity index (χ3v) is 1.58. The van der Waals surface area contributed by atoms with Gasteiger partial charge in [-0.3, -0.25) is 0 Å². The van der Waals surface area contributed by atoms with Gasteiger partial charge in [0.1, 0.15) is 5.82 Å². The molecule has 0 aliphatic carbocycles. The number of allylic oxidation sites excluding steroid dienone is 3. The van der Waals surface area contributed by atoms with Crippen molar-refractivity contribution < 1.29 is 4.39 Å². The van der Waals surface area contributed by atoms with E-state index in [-0.39, 0.29) is 5.82 Å². The molecular formula is C11H11F. The van der Waals surface area contributed by atoms with Crippen LogP contribution in [0.15, 0.2) is 43.0 Å². The summed E-state index contributed by atoms with van der Waals surface area (Å²) in [5.74, 6) is -0.216. The molecule has 1 aromatic carbocycles. The van der Waals surface area contributed by atoms with E-state index in [1.54, 1.807) is 12.1 Å². The van der Waals surface area contributed by atoms with Crippen LogP contribution in [0.2, 0.25) is 0 Å². The van der Waals surface area contributed by atoms with E-state index >= 15 is 0 Å². The van der Waals surface area contributed by atoms with Crippen LogP contribution in [0.1, 0.15) is 12.5 Å². The Morgan fingerprint density at radius 1 is 1.33 bits per heavy atom. The highest BCUT2D eigenvalue weighted by Gasteiger charge is 1.93. The van der Waals surface area contributed by atoms with Crippen molar-refractivity contribution in [2.24, 2.45) is 0 Å². The monoisotopic (exact) mass is 162 g/mol. The maximum absolute atomic E-state index is 12.5. The minimum Gasteiger partial charge on any atom is -0.207 e. The van der Waals surface area contributed by atoms with E-state index in [1.165, 1.54) is 12.1 Å². The summed E-state index contributed by atoms with van der Waals surface area (Å²) in [5.41, 5.74) is 1.85. The lowest BCUT2D eigenvalue weighted by molar-refractivity contribution is 0.627. The second-order valence-electron chi connectivity index (χ2n) is 2.53. The molecule has 0 radical (unpaired) electrons. The van der Waals surface area contributed by atoms with Crippen LogP contribution in [0, 0.1) is 5.82 Å². The number of halogens is 1. The summed E-state index contributed by atoms with van der Waals surface area (Å²) in [4.78, 5) is 0. The van der Waals surface area contributed by atoms with E-state index in [4.69, 9.17) is 0 Å². The fourth-order valence-electron chi connectivity index (χ4n) is 0.961. The Balaban J connectivity index is 2.90. The van der Waals surface area contributed by atoms with Crippen molar-refractivity contribution in [1.29, 1.82) is 0 Å². The van der Waals surface area contributed by atoms with Crippen LogP contribution in [0.25, 0.3) is 5.57 Å². The number of hydrogen-bond donors (Lipinski definition) is 0. The van der Waals surface area contributed by atoms with Crippen molar-refractivity contribution in [1.82, 2.24) is 0 Å². The third kappa shape index (κ3) is 2.06. The third-order valence-electron chi connectivity index (χ3n) is 1.58. The van der Waals surface area contributed by atoms with Crippen molar-refractivity contribution in [3.63, 3.8) is 0 Å². The summed E-state index contributed by atoms with van der Waals surface area (Å²) in [6.07, 6.45) is 3.80. The molecule has 0 spiro atoms. The maximum Gasteiger partial charge on any atom is 0.123 e. The van der Waals surface area contributed by atoms with Gasteiger partial charge < -0.3 is 0 Å². The second kappa shape index (κ2) is 3.86. The molecule has 0 aliphatic heterocycles. The first-order chi connectivity index (χ1) is 5.74. The molecule has 1 aromatic rings. The number of hydrogen-bond acceptors (Lipinski definition) is 0. The highest BCUT2D eigenvalue weighted by molar-refractivity contribution is 5.71. The molecule has 0 aromatic heterocycles. The first kappa shape index (κ1) is 8.72. The lowest BCUT2D eigenvalue weighted by Gasteiger charge is -1.98. The zero-order valence-corrected chi connectivity index (χ0v) is 7.05. The van der Waals surface area contributed by atoms with Crippen molar-refractivity contribution in [3.05, 3.63) is 54.4 Å². The molecule has 1 rings (SSSR count). The fourth-order valence-corrected chi connectivity index (χ4v) is 0.961. The Bertz CT molecular complexity index is 293. The Morgan fingerprint density at radius 3 is 2.42 bits per heavy atom. The highest BCUT2D eigenvalue weighted by atomic mass is 19.1. The highest BCUT2D eigenvalue weighted by Crippen LogP contribution is 2.13. The van der Waals surface area contributed by atoms with Gasteiger partial charge in [-0.15, -0.1) is 0 Å². The molecule has 1 heteroatoms. The largest absolute Gasteiger partial charge is 0.207 e. The van der Waals surface area contributed by atoms with Gasteiger partial charge in [0.15, 0.2) is 0 Å². The van der Waals surface area contributed by atoms with Gasteiger partial charge in [-0.2, -0.15) is 0 Å². The number of benzene rings is 1. The first-order valence-electron chi connectivity index (χ1n) is 3.81. The van der Waals surface area contributed by atoms with Crippen molar-refractivity contribution in [2.45, 2.75) is 6.92 Å². The Kier molecular flexibility index (Phi) is 2.81.